The van der Waals surface area contributed by atoms with Crippen LogP contribution < -0.4 is 0 Å². The average Bonchev–Trinajstić information content (AvgIpc) is 2.79. The largest absolute Gasteiger partial charge is 0.748 e. The number of rotatable bonds is 2. The van der Waals surface area contributed by atoms with E-state index in [1.54, 1.807) is 0 Å². The first-order chi connectivity index (χ1) is 6.43. The molecule has 0 aliphatic rings. The van der Waals surface area contributed by atoms with Gasteiger partial charge in [-0.1, -0.05) is 6.42 Å². The van der Waals surface area contributed by atoms with Gasteiger partial charge in [0.25, 0.3) is 0 Å². The van der Waals surface area contributed by atoms with Crippen LogP contribution in [0.5, 0.6) is 0 Å². The van der Waals surface area contributed by atoms with Gasteiger partial charge < -0.3 is 35.4 Å². The summed E-state index contributed by atoms with van der Waals surface area (Å²) in [6, 6.07) is 18.0. The summed E-state index contributed by atoms with van der Waals surface area (Å²) in [6.45, 7) is 0.254. The van der Waals surface area contributed by atoms with E-state index < -0.39 is 0 Å². The third-order valence-electron chi connectivity index (χ3n) is 1.69. The van der Waals surface area contributed by atoms with E-state index in [0.717, 1.165) is 6.42 Å². The van der Waals surface area contributed by atoms with Gasteiger partial charge in [0, 0.05) is 23.7 Å². The van der Waals surface area contributed by atoms with E-state index >= 15 is 0 Å². The molecule has 0 unspecified atom stereocenters. The second-order valence-electron chi connectivity index (χ2n) is 2.73. The second-order valence-corrected chi connectivity index (χ2v) is 2.73. The van der Waals surface area contributed by atoms with Crippen molar-refractivity contribution in [3.05, 3.63) is 60.2 Å². The number of aliphatic hydroxyl groups is 1. The fourth-order valence-corrected chi connectivity index (χ4v) is 1.03. The Morgan fingerprint density at radius 2 is 1.36 bits per heavy atom. The smallest absolute Gasteiger partial charge is 0.0366 e. The molecule has 0 saturated heterocycles. The standard InChI is InChI=1S/C7H9O.C5H5.Fe/c8-6-5-7-3-1-2-4-7;1-2-4-5-3-1;/h1-4,8H,5-6H2;1-5H;/q-1;-5;. The van der Waals surface area contributed by atoms with Crippen LogP contribution in [-0.4, -0.2) is 11.7 Å². The summed E-state index contributed by atoms with van der Waals surface area (Å²) in [6.07, 6.45) is 0.785. The molecule has 1 nitrogen and oxygen atoms in total. The second kappa shape index (κ2) is 8.76. The van der Waals surface area contributed by atoms with E-state index in [-0.39, 0.29) is 23.7 Å². The van der Waals surface area contributed by atoms with Gasteiger partial charge >= 0.3 is 0 Å². The summed E-state index contributed by atoms with van der Waals surface area (Å²) in [4.78, 5) is 0. The Balaban J connectivity index is 0.000000246. The Hall–Kier alpha value is -0.821. The molecule has 0 aliphatic heterocycles. The molecule has 1 N–H and O–H groups in total. The van der Waals surface area contributed by atoms with Crippen LogP contribution in [0, 0.1) is 0 Å². The topological polar surface area (TPSA) is 20.2 Å². The number of hydrogen-bond donors (Lipinski definition) is 1. The summed E-state index contributed by atoms with van der Waals surface area (Å²) >= 11 is 0. The monoisotopic (exact) mass is 230 g/mol. The molecular formula is C12H14FeO-6. The maximum atomic E-state index is 8.44. The molecule has 0 atom stereocenters. The van der Waals surface area contributed by atoms with Crippen molar-refractivity contribution in [3.63, 3.8) is 0 Å². The quantitative estimate of drug-likeness (QED) is 0.620. The van der Waals surface area contributed by atoms with Crippen LogP contribution in [0.2, 0.25) is 0 Å². The van der Waals surface area contributed by atoms with Gasteiger partial charge in [-0.2, -0.15) is 17.7 Å². The van der Waals surface area contributed by atoms with E-state index in [2.05, 4.69) is 0 Å². The molecule has 2 rings (SSSR count). The number of aliphatic hydroxyl groups excluding tert-OH is 1. The van der Waals surface area contributed by atoms with Crippen molar-refractivity contribution in [1.29, 1.82) is 0 Å². The molecule has 0 saturated carbocycles. The van der Waals surface area contributed by atoms with E-state index in [1.807, 2.05) is 54.6 Å². The van der Waals surface area contributed by atoms with Gasteiger partial charge in [-0.25, -0.2) is 12.1 Å². The molecule has 0 fully saturated rings. The summed E-state index contributed by atoms with van der Waals surface area (Å²) < 4.78 is 0. The van der Waals surface area contributed by atoms with Crippen molar-refractivity contribution in [2.24, 2.45) is 0 Å². The summed E-state index contributed by atoms with van der Waals surface area (Å²) in [5, 5.41) is 8.44. The molecule has 0 aliphatic carbocycles. The summed E-state index contributed by atoms with van der Waals surface area (Å²) in [5.41, 5.74) is 1.22. The molecular weight excluding hydrogens is 216 g/mol. The molecule has 0 aromatic heterocycles. The van der Waals surface area contributed by atoms with E-state index in [4.69, 9.17) is 5.11 Å². The maximum Gasteiger partial charge on any atom is 0.0366 e. The SMILES string of the molecule is OCC[c-]1cccc1.[Fe].[cH-]1[cH-][cH-][cH-][cH-]1. The van der Waals surface area contributed by atoms with Crippen molar-refractivity contribution in [3.8, 4) is 0 Å². The van der Waals surface area contributed by atoms with Gasteiger partial charge in [0.05, 0.1) is 0 Å². The normalized spacial score (nSPS) is 8.36. The van der Waals surface area contributed by atoms with Crippen LogP contribution in [0.4, 0.5) is 0 Å². The van der Waals surface area contributed by atoms with Crippen LogP contribution in [-0.2, 0) is 23.5 Å². The van der Waals surface area contributed by atoms with Gasteiger partial charge in [0.1, 0.15) is 0 Å². The van der Waals surface area contributed by atoms with E-state index in [0.29, 0.717) is 0 Å². The molecule has 82 valence electrons. The first-order valence-electron chi connectivity index (χ1n) is 4.41. The molecule has 2 aromatic rings. The average molecular weight is 230 g/mol. The minimum atomic E-state index is 0. The predicted molar refractivity (Wildman–Crippen MR) is 54.9 cm³/mol. The zero-order valence-electron chi connectivity index (χ0n) is 7.91. The van der Waals surface area contributed by atoms with Gasteiger partial charge in [0.2, 0.25) is 0 Å². The zero-order valence-corrected chi connectivity index (χ0v) is 9.02. The molecule has 2 aromatic carbocycles. The third kappa shape index (κ3) is 5.76. The Labute approximate surface area is 95.6 Å². The van der Waals surface area contributed by atoms with Gasteiger partial charge in [-0.15, -0.1) is 0 Å². The van der Waals surface area contributed by atoms with Gasteiger partial charge in [-0.3, -0.25) is 0 Å². The Morgan fingerprint density at radius 1 is 0.929 bits per heavy atom. The molecule has 0 bridgehead atoms. The van der Waals surface area contributed by atoms with Crippen LogP contribution in [0.15, 0.2) is 54.6 Å². The zero-order chi connectivity index (χ0) is 9.36. The first-order valence-corrected chi connectivity index (χ1v) is 4.41. The van der Waals surface area contributed by atoms with Crippen LogP contribution in [0.25, 0.3) is 0 Å². The minimum absolute atomic E-state index is 0. The van der Waals surface area contributed by atoms with Gasteiger partial charge in [-0.05, 0) is 0 Å². The molecule has 14 heavy (non-hydrogen) atoms. The first kappa shape index (κ1) is 13.2. The summed E-state index contributed by atoms with van der Waals surface area (Å²) in [5.74, 6) is 0. The van der Waals surface area contributed by atoms with Crippen molar-refractivity contribution in [2.75, 3.05) is 6.61 Å². The van der Waals surface area contributed by atoms with Crippen molar-refractivity contribution in [1.82, 2.24) is 0 Å². The van der Waals surface area contributed by atoms with E-state index in [1.165, 1.54) is 5.56 Å². The van der Waals surface area contributed by atoms with Crippen LogP contribution >= 0.6 is 0 Å². The molecule has 0 amide bonds. The molecule has 0 radical (unpaired) electrons. The minimum Gasteiger partial charge on any atom is -0.748 e. The Kier molecular flexibility index (Phi) is 8.25. The van der Waals surface area contributed by atoms with Crippen molar-refractivity contribution in [2.45, 2.75) is 6.42 Å². The van der Waals surface area contributed by atoms with Gasteiger partial charge in [0.15, 0.2) is 0 Å². The number of hydrogen-bond acceptors (Lipinski definition) is 1. The molecule has 0 spiro atoms. The molecule has 2 heteroatoms. The van der Waals surface area contributed by atoms with Crippen LogP contribution in [0.1, 0.15) is 5.56 Å². The Morgan fingerprint density at radius 3 is 1.71 bits per heavy atom. The fraction of sp³-hybridized carbons (Fsp3) is 0.167. The third-order valence-corrected chi connectivity index (χ3v) is 1.69. The van der Waals surface area contributed by atoms with Crippen LogP contribution in [0.3, 0.4) is 0 Å². The van der Waals surface area contributed by atoms with Crippen molar-refractivity contribution >= 4 is 0 Å². The maximum absolute atomic E-state index is 8.44. The predicted octanol–water partition coefficient (Wildman–Crippen LogP) is 2.34. The fourth-order valence-electron chi connectivity index (χ4n) is 1.03. The van der Waals surface area contributed by atoms with Crippen molar-refractivity contribution < 1.29 is 22.2 Å². The molecule has 0 heterocycles. The Bertz CT molecular complexity index is 254. The summed E-state index contributed by atoms with van der Waals surface area (Å²) in [7, 11) is 0. The van der Waals surface area contributed by atoms with E-state index in [9.17, 15) is 0 Å².